The number of Topliss-reactive ketones (excluding diaryl/α,β-unsaturated/α-hetero) is 1. The Morgan fingerprint density at radius 2 is 1.83 bits per heavy atom. The Hall–Kier alpha value is -3.26. The molecule has 2 N–H and O–H groups in total. The van der Waals surface area contributed by atoms with Gasteiger partial charge in [-0.3, -0.25) is 9.59 Å². The van der Waals surface area contributed by atoms with Crippen molar-refractivity contribution in [3.05, 3.63) is 69.0 Å². The molecule has 0 fully saturated rings. The zero-order valence-electron chi connectivity index (χ0n) is 20.1. The van der Waals surface area contributed by atoms with Crippen molar-refractivity contribution in [3.63, 3.8) is 0 Å². The second kappa shape index (κ2) is 8.75. The first-order valence-corrected chi connectivity index (χ1v) is 12.2. The predicted molar refractivity (Wildman–Crippen MR) is 136 cm³/mol. The van der Waals surface area contributed by atoms with Gasteiger partial charge in [-0.05, 0) is 60.7 Å². The summed E-state index contributed by atoms with van der Waals surface area (Å²) in [5.41, 5.74) is 3.98. The predicted octanol–water partition coefficient (Wildman–Crippen LogP) is 5.43. The number of hydrogen-bond donors (Lipinski definition) is 2. The highest BCUT2D eigenvalue weighted by molar-refractivity contribution is 9.10. The number of allylic oxidation sites excluding steroid dienone is 3. The van der Waals surface area contributed by atoms with E-state index in [9.17, 15) is 9.59 Å². The van der Waals surface area contributed by atoms with Crippen LogP contribution in [0, 0.1) is 5.41 Å². The van der Waals surface area contributed by atoms with E-state index in [2.05, 4.69) is 40.4 Å². The minimum atomic E-state index is -0.558. The molecule has 0 spiro atoms. The fourth-order valence-electron chi connectivity index (χ4n) is 5.07. The fourth-order valence-corrected chi connectivity index (χ4v) is 5.63. The maximum Gasteiger partial charge on any atom is 0.254 e. The summed E-state index contributed by atoms with van der Waals surface area (Å²) in [4.78, 5) is 27.3. The number of amides is 1. The number of halogens is 1. The lowest BCUT2D eigenvalue weighted by molar-refractivity contribution is -0.118. The van der Waals surface area contributed by atoms with Crippen LogP contribution in [0.3, 0.4) is 0 Å². The van der Waals surface area contributed by atoms with E-state index in [1.165, 1.54) is 0 Å². The van der Waals surface area contributed by atoms with Gasteiger partial charge in [0.2, 0.25) is 6.79 Å². The minimum absolute atomic E-state index is 0.0422. The van der Waals surface area contributed by atoms with Gasteiger partial charge < -0.3 is 24.8 Å². The molecule has 7 nitrogen and oxygen atoms in total. The number of fused-ring (bicyclic) bond motifs is 1. The molecule has 8 heteroatoms. The van der Waals surface area contributed by atoms with Crippen LogP contribution >= 0.6 is 15.9 Å². The van der Waals surface area contributed by atoms with E-state index in [-0.39, 0.29) is 23.9 Å². The summed E-state index contributed by atoms with van der Waals surface area (Å²) in [5, 5.41) is 6.39. The molecular formula is C27H27BrN2O5. The molecule has 0 unspecified atom stereocenters. The summed E-state index contributed by atoms with van der Waals surface area (Å²) in [7, 11) is 1.59. The van der Waals surface area contributed by atoms with Crippen LogP contribution in [0.25, 0.3) is 0 Å². The van der Waals surface area contributed by atoms with Crippen molar-refractivity contribution in [2.75, 3.05) is 19.2 Å². The van der Waals surface area contributed by atoms with Crippen LogP contribution in [0.5, 0.6) is 17.2 Å². The van der Waals surface area contributed by atoms with Crippen LogP contribution in [0.15, 0.2) is 63.4 Å². The number of anilines is 1. The Kier molecular flexibility index (Phi) is 5.87. The summed E-state index contributed by atoms with van der Waals surface area (Å²) < 4.78 is 17.1. The third kappa shape index (κ3) is 4.31. The van der Waals surface area contributed by atoms with Gasteiger partial charge in [0, 0.05) is 45.0 Å². The number of benzene rings is 2. The molecule has 0 saturated carbocycles. The van der Waals surface area contributed by atoms with Crippen LogP contribution < -0.4 is 24.8 Å². The summed E-state index contributed by atoms with van der Waals surface area (Å²) in [6.45, 7) is 6.20. The molecular weight excluding hydrogens is 512 g/mol. The van der Waals surface area contributed by atoms with Gasteiger partial charge in [0.1, 0.15) is 5.75 Å². The van der Waals surface area contributed by atoms with Crippen molar-refractivity contribution in [2.45, 2.75) is 39.5 Å². The summed E-state index contributed by atoms with van der Waals surface area (Å²) >= 11 is 3.67. The minimum Gasteiger partial charge on any atom is -0.497 e. The monoisotopic (exact) mass is 538 g/mol. The second-order valence-electron chi connectivity index (χ2n) is 9.84. The third-order valence-corrected chi connectivity index (χ3v) is 7.32. The molecule has 35 heavy (non-hydrogen) atoms. The van der Waals surface area contributed by atoms with E-state index >= 15 is 0 Å². The normalized spacial score (nSPS) is 20.4. The lowest BCUT2D eigenvalue weighted by Crippen LogP contribution is -2.39. The van der Waals surface area contributed by atoms with Gasteiger partial charge in [0.05, 0.1) is 7.11 Å². The average molecular weight is 539 g/mol. The molecule has 2 aromatic carbocycles. The van der Waals surface area contributed by atoms with Gasteiger partial charge >= 0.3 is 0 Å². The van der Waals surface area contributed by atoms with E-state index in [0.29, 0.717) is 40.5 Å². The number of carbonyl (C=O) groups is 2. The first-order valence-electron chi connectivity index (χ1n) is 11.5. The molecule has 1 aliphatic carbocycles. The van der Waals surface area contributed by atoms with Crippen LogP contribution in [0.4, 0.5) is 5.69 Å². The van der Waals surface area contributed by atoms with Crippen molar-refractivity contribution in [1.82, 2.24) is 5.32 Å². The highest BCUT2D eigenvalue weighted by atomic mass is 79.9. The van der Waals surface area contributed by atoms with Crippen molar-refractivity contribution < 1.29 is 23.8 Å². The molecule has 2 aliphatic heterocycles. The number of ketones is 1. The van der Waals surface area contributed by atoms with Crippen LogP contribution in [-0.2, 0) is 9.59 Å². The van der Waals surface area contributed by atoms with Crippen LogP contribution in [0.1, 0.15) is 45.1 Å². The molecule has 0 aromatic heterocycles. The summed E-state index contributed by atoms with van der Waals surface area (Å²) in [6.07, 6.45) is 1.13. The number of hydrogen-bond acceptors (Lipinski definition) is 6. The molecule has 3 aliphatic rings. The van der Waals surface area contributed by atoms with Gasteiger partial charge in [-0.2, -0.15) is 0 Å². The highest BCUT2D eigenvalue weighted by Crippen LogP contribution is 2.50. The first kappa shape index (κ1) is 23.5. The molecule has 2 aromatic rings. The van der Waals surface area contributed by atoms with E-state index in [1.54, 1.807) is 31.4 Å². The van der Waals surface area contributed by atoms with Gasteiger partial charge in [-0.15, -0.1) is 0 Å². The quantitative estimate of drug-likeness (QED) is 0.539. The van der Waals surface area contributed by atoms with Crippen molar-refractivity contribution in [1.29, 1.82) is 0 Å². The Morgan fingerprint density at radius 1 is 1.14 bits per heavy atom. The highest BCUT2D eigenvalue weighted by Gasteiger charge is 2.43. The molecule has 0 bridgehead atoms. The molecule has 0 radical (unpaired) electrons. The summed E-state index contributed by atoms with van der Waals surface area (Å²) in [6, 6.07) is 10.9. The van der Waals surface area contributed by atoms with Crippen molar-refractivity contribution >= 4 is 33.3 Å². The maximum atomic E-state index is 13.7. The Morgan fingerprint density at radius 3 is 2.51 bits per heavy atom. The number of carbonyl (C=O) groups excluding carboxylic acids is 2. The molecule has 1 amide bonds. The maximum absolute atomic E-state index is 13.7. The zero-order valence-corrected chi connectivity index (χ0v) is 21.7. The number of ether oxygens (including phenoxy) is 3. The SMILES string of the molecule is COc1ccc(NC(=O)C2=C(C)NC3=C(C(=O)CC(C)(C)C3)[C@H]2c2cc3c(cc2Br)OCO3)cc1. The molecule has 1 atom stereocenters. The number of dihydropyridines is 1. The van der Waals surface area contributed by atoms with Crippen LogP contribution in [-0.4, -0.2) is 25.6 Å². The molecule has 182 valence electrons. The van der Waals surface area contributed by atoms with E-state index in [4.69, 9.17) is 14.2 Å². The Labute approximate surface area is 212 Å². The molecule has 5 rings (SSSR count). The number of methoxy groups -OCH3 is 1. The van der Waals surface area contributed by atoms with Gasteiger partial charge in [0.25, 0.3) is 5.91 Å². The van der Waals surface area contributed by atoms with E-state index in [0.717, 1.165) is 27.9 Å². The zero-order chi connectivity index (χ0) is 24.9. The van der Waals surface area contributed by atoms with E-state index in [1.807, 2.05) is 19.1 Å². The third-order valence-electron chi connectivity index (χ3n) is 6.64. The second-order valence-corrected chi connectivity index (χ2v) is 10.7. The Bertz CT molecular complexity index is 1290. The van der Waals surface area contributed by atoms with Gasteiger partial charge in [-0.25, -0.2) is 0 Å². The molecule has 2 heterocycles. The topological polar surface area (TPSA) is 85.9 Å². The first-order chi connectivity index (χ1) is 16.7. The largest absolute Gasteiger partial charge is 0.497 e. The van der Waals surface area contributed by atoms with Crippen molar-refractivity contribution in [3.8, 4) is 17.2 Å². The standard InChI is InChI=1S/C27H27BrN2O5/c1-14-23(26(32)30-15-5-7-16(33-4)8-6-15)24(17-9-21-22(10-18(17)28)35-13-34-21)25-19(29-14)11-27(2,3)12-20(25)31/h5-10,24,29H,11-13H2,1-4H3,(H,30,32)/t24-/m0/s1. The fraction of sp³-hybridized carbons (Fsp3) is 0.333. The smallest absolute Gasteiger partial charge is 0.254 e. The lowest BCUT2D eigenvalue weighted by Gasteiger charge is -2.40. The summed E-state index contributed by atoms with van der Waals surface area (Å²) in [5.74, 6) is 1.13. The lowest BCUT2D eigenvalue weighted by atomic mass is 9.68. The van der Waals surface area contributed by atoms with E-state index < -0.39 is 5.92 Å². The Balaban J connectivity index is 1.61. The van der Waals surface area contributed by atoms with Gasteiger partial charge in [-0.1, -0.05) is 29.8 Å². The number of nitrogens with one attached hydrogen (secondary N) is 2. The van der Waals surface area contributed by atoms with Crippen molar-refractivity contribution in [2.24, 2.45) is 5.41 Å². The average Bonchev–Trinajstić information content (AvgIpc) is 3.24. The van der Waals surface area contributed by atoms with Crippen LogP contribution in [0.2, 0.25) is 0 Å². The van der Waals surface area contributed by atoms with Gasteiger partial charge in [0.15, 0.2) is 17.3 Å². The molecule has 0 saturated heterocycles. The number of rotatable bonds is 4.